The van der Waals surface area contributed by atoms with Crippen LogP contribution in [0.5, 0.6) is 0 Å². The van der Waals surface area contributed by atoms with Crippen LogP contribution in [0.25, 0.3) is 17.7 Å². The Morgan fingerprint density at radius 3 is 2.45 bits per heavy atom. The summed E-state index contributed by atoms with van der Waals surface area (Å²) >= 11 is 5.50. The summed E-state index contributed by atoms with van der Waals surface area (Å²) in [5.74, 6) is 0. The van der Waals surface area contributed by atoms with Crippen LogP contribution in [0.2, 0.25) is 0 Å². The van der Waals surface area contributed by atoms with Gasteiger partial charge in [0.05, 0.1) is 3.79 Å². The lowest BCUT2D eigenvalue weighted by Crippen LogP contribution is -2.27. The lowest BCUT2D eigenvalue weighted by Gasteiger charge is -2.25. The molecule has 0 saturated carbocycles. The first-order valence-electron chi connectivity index (χ1n) is 7.69. The van der Waals surface area contributed by atoms with Gasteiger partial charge in [-0.25, -0.2) is 0 Å². The zero-order chi connectivity index (χ0) is 15.1. The molecule has 2 aliphatic rings. The molecule has 0 bridgehead atoms. The van der Waals surface area contributed by atoms with Gasteiger partial charge in [0.25, 0.3) is 0 Å². The van der Waals surface area contributed by atoms with Gasteiger partial charge in [-0.3, -0.25) is 0 Å². The topological polar surface area (TPSA) is 3.24 Å². The normalized spacial score (nSPS) is 18.1. The SMILES string of the molecule is CN1CCC(=C2C=c3ccccc3=Cc3sc(Br)cc32)CC1. The van der Waals surface area contributed by atoms with Gasteiger partial charge in [-0.1, -0.05) is 29.8 Å². The third-order valence-electron chi connectivity index (χ3n) is 4.57. The highest BCUT2D eigenvalue weighted by Gasteiger charge is 2.18. The maximum atomic E-state index is 3.67. The first-order chi connectivity index (χ1) is 10.7. The lowest BCUT2D eigenvalue weighted by molar-refractivity contribution is 0.313. The fourth-order valence-electron chi connectivity index (χ4n) is 3.29. The number of nitrogens with zero attached hydrogens (tertiary/aromatic N) is 1. The van der Waals surface area contributed by atoms with Crippen LogP contribution < -0.4 is 10.4 Å². The molecule has 2 aromatic rings. The summed E-state index contributed by atoms with van der Waals surface area (Å²) in [6.45, 7) is 2.33. The highest BCUT2D eigenvalue weighted by Crippen LogP contribution is 2.37. The number of hydrogen-bond acceptors (Lipinski definition) is 2. The molecule has 1 fully saturated rings. The van der Waals surface area contributed by atoms with Crippen molar-refractivity contribution in [2.24, 2.45) is 0 Å². The van der Waals surface area contributed by atoms with Crippen molar-refractivity contribution in [2.75, 3.05) is 20.1 Å². The zero-order valence-electron chi connectivity index (χ0n) is 12.6. The fraction of sp³-hybridized carbons (Fsp3) is 0.263. The van der Waals surface area contributed by atoms with Crippen LogP contribution >= 0.6 is 27.3 Å². The molecule has 3 heteroatoms. The Balaban J connectivity index is 1.98. The minimum absolute atomic E-state index is 1.17. The lowest BCUT2D eigenvalue weighted by atomic mass is 9.93. The number of benzene rings is 1. The van der Waals surface area contributed by atoms with Crippen molar-refractivity contribution < 1.29 is 0 Å². The van der Waals surface area contributed by atoms with Gasteiger partial charge in [0.2, 0.25) is 0 Å². The van der Waals surface area contributed by atoms with Crippen molar-refractivity contribution in [3.8, 4) is 0 Å². The van der Waals surface area contributed by atoms with Gasteiger partial charge in [0.1, 0.15) is 0 Å². The summed E-state index contributed by atoms with van der Waals surface area (Å²) in [4.78, 5) is 3.79. The van der Waals surface area contributed by atoms with E-state index in [1.54, 1.807) is 5.57 Å². The molecule has 2 heterocycles. The highest BCUT2D eigenvalue weighted by atomic mass is 79.9. The standard InChI is InChI=1S/C19H18BrNS/c1-21-8-6-13(7-9-21)16-10-14-4-2-3-5-15(14)11-18-17(16)12-19(20)22-18/h2-5,10-12H,6-9H2,1H3. The molecule has 112 valence electrons. The van der Waals surface area contributed by atoms with Crippen molar-refractivity contribution in [1.29, 1.82) is 0 Å². The van der Waals surface area contributed by atoms with Gasteiger partial charge >= 0.3 is 0 Å². The quantitative estimate of drug-likeness (QED) is 0.683. The van der Waals surface area contributed by atoms with Gasteiger partial charge in [-0.05, 0) is 70.0 Å². The number of hydrogen-bond donors (Lipinski definition) is 0. The molecule has 1 aliphatic carbocycles. The second kappa shape index (κ2) is 5.80. The van der Waals surface area contributed by atoms with Crippen LogP contribution in [0.3, 0.4) is 0 Å². The van der Waals surface area contributed by atoms with E-state index in [-0.39, 0.29) is 0 Å². The Hall–Kier alpha value is -1.16. The van der Waals surface area contributed by atoms with Crippen LogP contribution in [0.4, 0.5) is 0 Å². The van der Waals surface area contributed by atoms with E-state index in [4.69, 9.17) is 0 Å². The average Bonchev–Trinajstić information content (AvgIpc) is 2.80. The Labute approximate surface area is 143 Å². The molecule has 0 radical (unpaired) electrons. The van der Waals surface area contributed by atoms with E-state index in [1.807, 2.05) is 11.3 Å². The smallest absolute Gasteiger partial charge is 0.0711 e. The predicted octanol–water partition coefficient (Wildman–Crippen LogP) is 3.61. The van der Waals surface area contributed by atoms with Gasteiger partial charge in [-0.2, -0.15) is 0 Å². The van der Waals surface area contributed by atoms with Crippen LogP contribution in [0.1, 0.15) is 23.3 Å². The maximum absolute atomic E-state index is 3.67. The van der Waals surface area contributed by atoms with Crippen LogP contribution in [0, 0.1) is 0 Å². The van der Waals surface area contributed by atoms with E-state index in [1.165, 1.54) is 56.2 Å². The van der Waals surface area contributed by atoms with E-state index in [0.29, 0.717) is 0 Å². The van der Waals surface area contributed by atoms with Crippen molar-refractivity contribution in [3.05, 3.63) is 60.6 Å². The van der Waals surface area contributed by atoms with Crippen LogP contribution in [0.15, 0.2) is 39.7 Å². The Kier molecular flexibility index (Phi) is 3.81. The minimum Gasteiger partial charge on any atom is -0.306 e. The van der Waals surface area contributed by atoms with Crippen LogP contribution in [-0.2, 0) is 0 Å². The Bertz CT molecular complexity index is 865. The molecule has 1 saturated heterocycles. The van der Waals surface area contributed by atoms with Crippen molar-refractivity contribution in [2.45, 2.75) is 12.8 Å². The zero-order valence-corrected chi connectivity index (χ0v) is 15.0. The summed E-state index contributed by atoms with van der Waals surface area (Å²) in [5, 5.41) is 2.66. The van der Waals surface area contributed by atoms with E-state index in [9.17, 15) is 0 Å². The van der Waals surface area contributed by atoms with Gasteiger partial charge in [-0.15, -0.1) is 11.3 Å². The van der Waals surface area contributed by atoms with Crippen LogP contribution in [-0.4, -0.2) is 25.0 Å². The Morgan fingerprint density at radius 1 is 1.05 bits per heavy atom. The largest absolute Gasteiger partial charge is 0.306 e. The van der Waals surface area contributed by atoms with E-state index in [2.05, 4.69) is 70.4 Å². The summed E-state index contributed by atoms with van der Waals surface area (Å²) in [6.07, 6.45) is 7.09. The molecule has 0 N–H and O–H groups in total. The molecular formula is C19H18BrNS. The van der Waals surface area contributed by atoms with Gasteiger partial charge < -0.3 is 4.90 Å². The molecule has 1 aromatic heterocycles. The number of piperidine rings is 1. The number of halogens is 1. The average molecular weight is 372 g/mol. The predicted molar refractivity (Wildman–Crippen MR) is 99.4 cm³/mol. The number of allylic oxidation sites excluding steroid dienone is 1. The number of thiophene rings is 1. The highest BCUT2D eigenvalue weighted by molar-refractivity contribution is 9.11. The fourth-order valence-corrected chi connectivity index (χ4v) is 4.89. The molecule has 0 unspecified atom stereocenters. The molecule has 0 amide bonds. The first kappa shape index (κ1) is 14.4. The van der Waals surface area contributed by atoms with Gasteiger partial charge in [0, 0.05) is 23.5 Å². The van der Waals surface area contributed by atoms with Gasteiger partial charge in [0.15, 0.2) is 0 Å². The van der Waals surface area contributed by atoms with E-state index in [0.717, 1.165) is 0 Å². The third-order valence-corrected chi connectivity index (χ3v) is 6.16. The molecule has 0 atom stereocenters. The van der Waals surface area contributed by atoms with E-state index >= 15 is 0 Å². The summed E-state index contributed by atoms with van der Waals surface area (Å²) in [5.41, 5.74) is 4.45. The number of likely N-dealkylation sites (tertiary alicyclic amines) is 1. The third kappa shape index (κ3) is 2.62. The molecule has 0 spiro atoms. The van der Waals surface area contributed by atoms with E-state index < -0.39 is 0 Å². The summed E-state index contributed by atoms with van der Waals surface area (Å²) in [7, 11) is 2.22. The summed E-state index contributed by atoms with van der Waals surface area (Å²) in [6, 6.07) is 11.0. The minimum atomic E-state index is 1.17. The monoisotopic (exact) mass is 371 g/mol. The molecule has 1 aliphatic heterocycles. The van der Waals surface area contributed by atoms with Crippen molar-refractivity contribution >= 4 is 45.0 Å². The first-order valence-corrected chi connectivity index (χ1v) is 9.30. The molecule has 4 rings (SSSR count). The maximum Gasteiger partial charge on any atom is 0.0711 e. The Morgan fingerprint density at radius 2 is 1.73 bits per heavy atom. The number of fused-ring (bicyclic) bond motifs is 2. The molecular weight excluding hydrogens is 354 g/mol. The molecule has 1 aromatic carbocycles. The summed E-state index contributed by atoms with van der Waals surface area (Å²) < 4.78 is 1.22. The second-order valence-corrected chi connectivity index (χ2v) is 8.53. The van der Waals surface area contributed by atoms with Crippen molar-refractivity contribution in [1.82, 2.24) is 4.90 Å². The molecule has 22 heavy (non-hydrogen) atoms. The van der Waals surface area contributed by atoms with Crippen molar-refractivity contribution in [3.63, 3.8) is 0 Å². The second-order valence-electron chi connectivity index (χ2n) is 6.07. The molecule has 1 nitrogen and oxygen atoms in total. The number of rotatable bonds is 0.